The van der Waals surface area contributed by atoms with Gasteiger partial charge in [0, 0.05) is 12.5 Å². The van der Waals surface area contributed by atoms with Gasteiger partial charge in [-0.25, -0.2) is 8.42 Å². The van der Waals surface area contributed by atoms with Gasteiger partial charge in [-0.05, 0) is 43.4 Å². The minimum atomic E-state index is -3.24. The summed E-state index contributed by atoms with van der Waals surface area (Å²) in [5, 5.41) is 3.24. The van der Waals surface area contributed by atoms with Gasteiger partial charge in [0.05, 0.1) is 22.2 Å². The van der Waals surface area contributed by atoms with E-state index < -0.39 is 10.0 Å². The van der Waals surface area contributed by atoms with E-state index in [1.54, 1.807) is 18.2 Å². The van der Waals surface area contributed by atoms with Crippen LogP contribution in [0.2, 0.25) is 5.02 Å². The lowest BCUT2D eigenvalue weighted by atomic mass is 10.1. The summed E-state index contributed by atoms with van der Waals surface area (Å²) in [6, 6.07) is 4.94. The first-order chi connectivity index (χ1) is 10.4. The summed E-state index contributed by atoms with van der Waals surface area (Å²) < 4.78 is 25.4. The van der Waals surface area contributed by atoms with Crippen molar-refractivity contribution in [2.24, 2.45) is 11.8 Å². The van der Waals surface area contributed by atoms with Crippen LogP contribution < -0.4 is 9.62 Å². The van der Waals surface area contributed by atoms with Crippen molar-refractivity contribution in [2.75, 3.05) is 21.9 Å². The number of hydrogen-bond acceptors (Lipinski definition) is 3. The van der Waals surface area contributed by atoms with Crippen molar-refractivity contribution in [3.8, 4) is 0 Å². The number of anilines is 2. The topological polar surface area (TPSA) is 66.5 Å². The molecule has 120 valence electrons. The molecule has 0 bridgehead atoms. The summed E-state index contributed by atoms with van der Waals surface area (Å²) >= 11 is 6.14. The van der Waals surface area contributed by atoms with Crippen LogP contribution in [-0.4, -0.2) is 26.6 Å². The molecule has 1 unspecified atom stereocenters. The molecule has 2 fully saturated rings. The number of carbonyl (C=O) groups is 1. The van der Waals surface area contributed by atoms with E-state index in [2.05, 4.69) is 5.32 Å². The molecule has 1 saturated heterocycles. The van der Waals surface area contributed by atoms with E-state index >= 15 is 0 Å². The molecule has 3 rings (SSSR count). The van der Waals surface area contributed by atoms with Gasteiger partial charge in [0.1, 0.15) is 0 Å². The second-order valence-electron chi connectivity index (χ2n) is 6.02. The largest absolute Gasteiger partial charge is 0.324 e. The zero-order valence-corrected chi connectivity index (χ0v) is 14.0. The standard InChI is InChI=1S/C15H19ClN2O3S/c1-10(11-3-4-11)15(19)17-14-9-12(5-6-13(14)16)18-7-2-8-22(18,20)21/h5-6,9-11H,2-4,7-8H2,1H3,(H,17,19). The van der Waals surface area contributed by atoms with Crippen molar-refractivity contribution in [3.63, 3.8) is 0 Å². The van der Waals surface area contributed by atoms with Crippen LogP contribution in [0.4, 0.5) is 11.4 Å². The molecule has 1 aromatic carbocycles. The number of nitrogens with one attached hydrogen (secondary N) is 1. The molecule has 1 amide bonds. The van der Waals surface area contributed by atoms with Crippen LogP contribution in [0.5, 0.6) is 0 Å². The van der Waals surface area contributed by atoms with Crippen LogP contribution in [0.1, 0.15) is 26.2 Å². The van der Waals surface area contributed by atoms with Crippen molar-refractivity contribution >= 4 is 38.9 Å². The summed E-state index contributed by atoms with van der Waals surface area (Å²) in [4.78, 5) is 12.2. The van der Waals surface area contributed by atoms with Gasteiger partial charge in [-0.1, -0.05) is 18.5 Å². The lowest BCUT2D eigenvalue weighted by Gasteiger charge is -2.19. The quantitative estimate of drug-likeness (QED) is 0.914. The highest BCUT2D eigenvalue weighted by Crippen LogP contribution is 2.38. The maximum atomic E-state index is 12.2. The van der Waals surface area contributed by atoms with Gasteiger partial charge in [0.2, 0.25) is 15.9 Å². The van der Waals surface area contributed by atoms with Crippen LogP contribution in [0, 0.1) is 11.8 Å². The van der Waals surface area contributed by atoms with Crippen molar-refractivity contribution in [1.29, 1.82) is 0 Å². The number of halogens is 1. The van der Waals surface area contributed by atoms with Gasteiger partial charge in [-0.2, -0.15) is 0 Å². The van der Waals surface area contributed by atoms with Crippen molar-refractivity contribution in [2.45, 2.75) is 26.2 Å². The Morgan fingerprint density at radius 2 is 2.14 bits per heavy atom. The number of amides is 1. The van der Waals surface area contributed by atoms with E-state index in [1.165, 1.54) is 4.31 Å². The van der Waals surface area contributed by atoms with Crippen LogP contribution in [0.3, 0.4) is 0 Å². The molecule has 0 radical (unpaired) electrons. The first-order valence-corrected chi connectivity index (χ1v) is 9.48. The Bertz CT molecular complexity index is 701. The third-order valence-corrected chi connectivity index (χ3v) is 6.54. The average Bonchev–Trinajstić information content (AvgIpc) is 3.24. The molecule has 1 atom stereocenters. The molecule has 1 N–H and O–H groups in total. The van der Waals surface area contributed by atoms with Gasteiger partial charge < -0.3 is 5.32 Å². The minimum absolute atomic E-state index is 0.0461. The molecular formula is C15H19ClN2O3S. The number of benzene rings is 1. The summed E-state index contributed by atoms with van der Waals surface area (Å²) in [7, 11) is -3.24. The predicted molar refractivity (Wildman–Crippen MR) is 87.7 cm³/mol. The van der Waals surface area contributed by atoms with Gasteiger partial charge in [-0.15, -0.1) is 0 Å². The third-order valence-electron chi connectivity index (χ3n) is 4.34. The summed E-state index contributed by atoms with van der Waals surface area (Å²) in [6.07, 6.45) is 2.80. The monoisotopic (exact) mass is 342 g/mol. The highest BCUT2D eigenvalue weighted by atomic mass is 35.5. The molecule has 5 nitrogen and oxygen atoms in total. The normalized spacial score (nSPS) is 21.6. The van der Waals surface area contributed by atoms with Gasteiger partial charge in [0.25, 0.3) is 0 Å². The fourth-order valence-electron chi connectivity index (χ4n) is 2.75. The lowest BCUT2D eigenvalue weighted by Crippen LogP contribution is -2.26. The minimum Gasteiger partial charge on any atom is -0.324 e. The molecule has 1 heterocycles. The van der Waals surface area contributed by atoms with Crippen LogP contribution in [0.25, 0.3) is 0 Å². The SMILES string of the molecule is CC(C(=O)Nc1cc(N2CCCS2(=O)=O)ccc1Cl)C1CC1. The molecule has 1 aliphatic heterocycles. The van der Waals surface area contributed by atoms with Crippen LogP contribution >= 0.6 is 11.6 Å². The maximum Gasteiger partial charge on any atom is 0.235 e. The Labute approximate surface area is 135 Å². The molecule has 1 aliphatic carbocycles. The molecule has 7 heteroatoms. The Kier molecular flexibility index (Phi) is 4.07. The van der Waals surface area contributed by atoms with Gasteiger partial charge in [-0.3, -0.25) is 9.10 Å². The van der Waals surface area contributed by atoms with Crippen molar-refractivity contribution in [1.82, 2.24) is 0 Å². The van der Waals surface area contributed by atoms with Gasteiger partial charge in [0.15, 0.2) is 0 Å². The van der Waals surface area contributed by atoms with Crippen molar-refractivity contribution < 1.29 is 13.2 Å². The van der Waals surface area contributed by atoms with Crippen molar-refractivity contribution in [3.05, 3.63) is 23.2 Å². The zero-order valence-electron chi connectivity index (χ0n) is 12.4. The molecule has 1 saturated carbocycles. The van der Waals surface area contributed by atoms with E-state index in [4.69, 9.17) is 11.6 Å². The van der Waals surface area contributed by atoms with Crippen LogP contribution in [0.15, 0.2) is 18.2 Å². The maximum absolute atomic E-state index is 12.2. The average molecular weight is 343 g/mol. The second kappa shape index (κ2) is 5.74. The van der Waals surface area contributed by atoms with E-state index in [-0.39, 0.29) is 17.6 Å². The van der Waals surface area contributed by atoms with Gasteiger partial charge >= 0.3 is 0 Å². The van der Waals surface area contributed by atoms with E-state index in [0.717, 1.165) is 12.8 Å². The Balaban J connectivity index is 1.82. The summed E-state index contributed by atoms with van der Waals surface area (Å²) in [5.41, 5.74) is 1.02. The number of sulfonamides is 1. The summed E-state index contributed by atoms with van der Waals surface area (Å²) in [6.45, 7) is 2.38. The van der Waals surface area contributed by atoms with E-state index in [1.807, 2.05) is 6.92 Å². The molecule has 0 spiro atoms. The number of hydrogen-bond donors (Lipinski definition) is 1. The zero-order chi connectivity index (χ0) is 15.9. The Morgan fingerprint density at radius 1 is 1.41 bits per heavy atom. The molecule has 1 aromatic rings. The first-order valence-electron chi connectivity index (χ1n) is 7.49. The highest BCUT2D eigenvalue weighted by Gasteiger charge is 2.33. The fourth-order valence-corrected chi connectivity index (χ4v) is 4.47. The molecular weight excluding hydrogens is 324 g/mol. The molecule has 22 heavy (non-hydrogen) atoms. The third kappa shape index (κ3) is 3.08. The number of rotatable bonds is 4. The predicted octanol–water partition coefficient (Wildman–Crippen LogP) is 2.86. The molecule has 2 aliphatic rings. The number of carbonyl (C=O) groups excluding carboxylic acids is 1. The lowest BCUT2D eigenvalue weighted by molar-refractivity contribution is -0.119. The summed E-state index contributed by atoms with van der Waals surface area (Å²) in [5.74, 6) is 0.512. The first kappa shape index (κ1) is 15.6. The smallest absolute Gasteiger partial charge is 0.235 e. The molecule has 0 aromatic heterocycles. The second-order valence-corrected chi connectivity index (χ2v) is 8.44. The number of nitrogens with zero attached hydrogens (tertiary/aromatic N) is 1. The Hall–Kier alpha value is -1.27. The highest BCUT2D eigenvalue weighted by molar-refractivity contribution is 7.93. The van der Waals surface area contributed by atoms with Crippen LogP contribution in [-0.2, 0) is 14.8 Å². The fraction of sp³-hybridized carbons (Fsp3) is 0.533. The van der Waals surface area contributed by atoms with E-state index in [9.17, 15) is 13.2 Å². The Morgan fingerprint density at radius 3 is 2.73 bits per heavy atom. The van der Waals surface area contributed by atoms with E-state index in [0.29, 0.717) is 35.3 Å².